The van der Waals surface area contributed by atoms with Crippen LogP contribution < -0.4 is 10.2 Å². The second kappa shape index (κ2) is 5.51. The number of piperidine rings is 1. The van der Waals surface area contributed by atoms with Gasteiger partial charge in [0, 0.05) is 19.3 Å². The third-order valence-corrected chi connectivity index (χ3v) is 3.37. The fourth-order valence-corrected chi connectivity index (χ4v) is 2.32. The summed E-state index contributed by atoms with van der Waals surface area (Å²) in [5, 5.41) is 3.95. The molecule has 1 aromatic heterocycles. The van der Waals surface area contributed by atoms with Crippen molar-refractivity contribution in [3.63, 3.8) is 0 Å². The van der Waals surface area contributed by atoms with Gasteiger partial charge in [0.25, 0.3) is 0 Å². The maximum absolute atomic E-state index is 5.83. The van der Waals surface area contributed by atoms with Crippen LogP contribution in [0.3, 0.4) is 0 Å². The van der Waals surface area contributed by atoms with Crippen molar-refractivity contribution in [1.29, 1.82) is 0 Å². The number of pyridine rings is 1. The number of nitrogens with one attached hydrogen (secondary N) is 1. The van der Waals surface area contributed by atoms with E-state index in [0.717, 1.165) is 31.4 Å². The van der Waals surface area contributed by atoms with E-state index in [9.17, 15) is 0 Å². The molecule has 88 valence electrons. The van der Waals surface area contributed by atoms with Gasteiger partial charge in [0.05, 0.1) is 5.02 Å². The molecule has 0 amide bonds. The van der Waals surface area contributed by atoms with Gasteiger partial charge in [-0.2, -0.15) is 0 Å². The summed E-state index contributed by atoms with van der Waals surface area (Å²) in [6.45, 7) is 3.32. The first-order chi connectivity index (χ1) is 7.79. The Morgan fingerprint density at radius 2 is 2.19 bits per heavy atom. The van der Waals surface area contributed by atoms with E-state index in [1.54, 1.807) is 6.20 Å². The molecule has 1 aliphatic heterocycles. The van der Waals surface area contributed by atoms with Crippen molar-refractivity contribution in [2.45, 2.75) is 12.8 Å². The van der Waals surface area contributed by atoms with Crippen LogP contribution in [0.5, 0.6) is 0 Å². The van der Waals surface area contributed by atoms with Crippen molar-refractivity contribution in [2.75, 3.05) is 31.6 Å². The van der Waals surface area contributed by atoms with Crippen molar-refractivity contribution < 1.29 is 0 Å². The van der Waals surface area contributed by atoms with Crippen LogP contribution in [0.1, 0.15) is 12.8 Å². The van der Waals surface area contributed by atoms with Gasteiger partial charge in [0.1, 0.15) is 5.82 Å². The first kappa shape index (κ1) is 11.7. The summed E-state index contributed by atoms with van der Waals surface area (Å²) in [7, 11) is 2.02. The zero-order valence-corrected chi connectivity index (χ0v) is 10.4. The van der Waals surface area contributed by atoms with Crippen molar-refractivity contribution in [3.05, 3.63) is 23.4 Å². The number of rotatable bonds is 3. The largest absolute Gasteiger partial charge is 0.357 e. The normalized spacial score (nSPS) is 17.8. The summed E-state index contributed by atoms with van der Waals surface area (Å²) < 4.78 is 0. The van der Waals surface area contributed by atoms with Crippen molar-refractivity contribution >= 4 is 17.4 Å². The average Bonchev–Trinajstić information content (AvgIpc) is 2.32. The molecule has 1 aromatic rings. The second-order valence-corrected chi connectivity index (χ2v) is 4.76. The summed E-state index contributed by atoms with van der Waals surface area (Å²) >= 11 is 5.83. The predicted octanol–water partition coefficient (Wildman–Crippen LogP) is 2.17. The van der Waals surface area contributed by atoms with Crippen LogP contribution in [0.4, 0.5) is 5.82 Å². The van der Waals surface area contributed by atoms with E-state index in [1.165, 1.54) is 12.8 Å². The molecular weight excluding hydrogens is 222 g/mol. The number of hydrogen-bond acceptors (Lipinski definition) is 3. The summed E-state index contributed by atoms with van der Waals surface area (Å²) in [5.74, 6) is 1.86. The first-order valence-electron chi connectivity index (χ1n) is 5.80. The Morgan fingerprint density at radius 3 is 2.75 bits per heavy atom. The van der Waals surface area contributed by atoms with E-state index in [2.05, 4.69) is 15.2 Å². The summed E-state index contributed by atoms with van der Waals surface area (Å²) in [6, 6.07) is 3.91. The zero-order chi connectivity index (χ0) is 11.4. The highest BCUT2D eigenvalue weighted by Gasteiger charge is 2.19. The summed E-state index contributed by atoms with van der Waals surface area (Å²) in [6.07, 6.45) is 4.20. The van der Waals surface area contributed by atoms with Crippen LogP contribution in [-0.2, 0) is 0 Å². The van der Waals surface area contributed by atoms with Gasteiger partial charge in [-0.15, -0.1) is 0 Å². The Kier molecular flexibility index (Phi) is 4.02. The van der Waals surface area contributed by atoms with Gasteiger partial charge < -0.3 is 10.2 Å². The standard InChI is InChI=1S/C12H18ClN3/c1-14-8-10-4-6-16(7-5-10)12-3-2-11(13)9-15-12/h2-3,9-10,14H,4-8H2,1H3. The van der Waals surface area contributed by atoms with Gasteiger partial charge in [-0.3, -0.25) is 0 Å². The van der Waals surface area contributed by atoms with Gasteiger partial charge in [-0.25, -0.2) is 4.98 Å². The molecule has 1 saturated heterocycles. The van der Waals surface area contributed by atoms with Crippen molar-refractivity contribution in [3.8, 4) is 0 Å². The third-order valence-electron chi connectivity index (χ3n) is 3.14. The average molecular weight is 240 g/mol. The van der Waals surface area contributed by atoms with E-state index in [0.29, 0.717) is 5.02 Å². The molecular formula is C12H18ClN3. The van der Waals surface area contributed by atoms with Gasteiger partial charge in [-0.1, -0.05) is 11.6 Å². The molecule has 2 rings (SSSR count). The minimum Gasteiger partial charge on any atom is -0.357 e. The highest BCUT2D eigenvalue weighted by molar-refractivity contribution is 6.30. The van der Waals surface area contributed by atoms with Gasteiger partial charge in [0.15, 0.2) is 0 Å². The van der Waals surface area contributed by atoms with Crippen molar-refractivity contribution in [2.24, 2.45) is 5.92 Å². The fourth-order valence-electron chi connectivity index (χ4n) is 2.21. The lowest BCUT2D eigenvalue weighted by Gasteiger charge is -2.32. The van der Waals surface area contributed by atoms with Gasteiger partial charge in [-0.05, 0) is 44.5 Å². The van der Waals surface area contributed by atoms with Crippen LogP contribution >= 0.6 is 11.6 Å². The minimum atomic E-state index is 0.703. The molecule has 3 nitrogen and oxygen atoms in total. The second-order valence-electron chi connectivity index (χ2n) is 4.32. The van der Waals surface area contributed by atoms with Crippen LogP contribution in [0, 0.1) is 5.92 Å². The number of hydrogen-bond donors (Lipinski definition) is 1. The lowest BCUT2D eigenvalue weighted by molar-refractivity contribution is 0.392. The third kappa shape index (κ3) is 2.86. The molecule has 0 unspecified atom stereocenters. The Balaban J connectivity index is 1.91. The molecule has 16 heavy (non-hydrogen) atoms. The highest BCUT2D eigenvalue weighted by Crippen LogP contribution is 2.22. The molecule has 0 radical (unpaired) electrons. The molecule has 1 aliphatic rings. The molecule has 0 bridgehead atoms. The lowest BCUT2D eigenvalue weighted by atomic mass is 9.97. The Hall–Kier alpha value is -0.800. The van der Waals surface area contributed by atoms with Gasteiger partial charge >= 0.3 is 0 Å². The van der Waals surface area contributed by atoms with E-state index in [-0.39, 0.29) is 0 Å². The SMILES string of the molecule is CNCC1CCN(c2ccc(Cl)cn2)CC1. The smallest absolute Gasteiger partial charge is 0.128 e. The highest BCUT2D eigenvalue weighted by atomic mass is 35.5. The molecule has 0 atom stereocenters. The van der Waals surface area contributed by atoms with E-state index in [1.807, 2.05) is 19.2 Å². The molecule has 2 heterocycles. The lowest BCUT2D eigenvalue weighted by Crippen LogP contribution is -2.37. The predicted molar refractivity (Wildman–Crippen MR) is 68.1 cm³/mol. The number of nitrogens with zero attached hydrogens (tertiary/aromatic N) is 2. The van der Waals surface area contributed by atoms with Crippen LogP contribution in [0.25, 0.3) is 0 Å². The van der Waals surface area contributed by atoms with E-state index in [4.69, 9.17) is 11.6 Å². The maximum Gasteiger partial charge on any atom is 0.128 e. The van der Waals surface area contributed by atoms with Crippen LogP contribution in [0.15, 0.2) is 18.3 Å². The van der Waals surface area contributed by atoms with Crippen LogP contribution in [-0.4, -0.2) is 31.7 Å². The molecule has 0 aliphatic carbocycles. The van der Waals surface area contributed by atoms with Crippen LogP contribution in [0.2, 0.25) is 5.02 Å². The molecule has 4 heteroatoms. The van der Waals surface area contributed by atoms with E-state index >= 15 is 0 Å². The topological polar surface area (TPSA) is 28.2 Å². The van der Waals surface area contributed by atoms with Gasteiger partial charge in [0.2, 0.25) is 0 Å². The molecule has 0 spiro atoms. The quantitative estimate of drug-likeness (QED) is 0.877. The summed E-state index contributed by atoms with van der Waals surface area (Å²) in [5.41, 5.74) is 0. The molecule has 0 aromatic carbocycles. The minimum absolute atomic E-state index is 0.703. The van der Waals surface area contributed by atoms with Crippen molar-refractivity contribution in [1.82, 2.24) is 10.3 Å². The molecule has 0 saturated carbocycles. The Labute approximate surface area is 102 Å². The fraction of sp³-hybridized carbons (Fsp3) is 0.583. The molecule has 1 fully saturated rings. The maximum atomic E-state index is 5.83. The first-order valence-corrected chi connectivity index (χ1v) is 6.18. The number of aromatic nitrogens is 1. The Bertz CT molecular complexity index is 318. The Morgan fingerprint density at radius 1 is 1.44 bits per heavy atom. The number of halogens is 1. The zero-order valence-electron chi connectivity index (χ0n) is 9.62. The number of anilines is 1. The monoisotopic (exact) mass is 239 g/mol. The van der Waals surface area contributed by atoms with E-state index < -0.39 is 0 Å². The molecule has 1 N–H and O–H groups in total. The summed E-state index contributed by atoms with van der Waals surface area (Å²) in [4.78, 5) is 6.69.